The van der Waals surface area contributed by atoms with Gasteiger partial charge in [-0.25, -0.2) is 9.97 Å². The Balaban J connectivity index is 1.62. The first-order chi connectivity index (χ1) is 15.2. The second-order valence-corrected chi connectivity index (χ2v) is 7.31. The van der Waals surface area contributed by atoms with E-state index in [1.165, 1.54) is 5.56 Å². The van der Waals surface area contributed by atoms with Crippen molar-refractivity contribution in [2.24, 2.45) is 0 Å². The number of rotatable bonds is 5. The second kappa shape index (κ2) is 7.91. The zero-order valence-electron chi connectivity index (χ0n) is 17.1. The fraction of sp³-hybridized carbons (Fsp3) is 0.0800. The Labute approximate surface area is 179 Å². The molecule has 2 heterocycles. The number of carbonyl (C=O) groups excluding carboxylic acids is 1. The third-order valence-electron chi connectivity index (χ3n) is 5.35. The molecule has 6 heteroatoms. The first kappa shape index (κ1) is 18.8. The lowest BCUT2D eigenvalue weighted by Crippen LogP contribution is -2.17. The Morgan fingerprint density at radius 1 is 1.00 bits per heavy atom. The van der Waals surface area contributed by atoms with Crippen molar-refractivity contribution in [2.45, 2.75) is 6.54 Å². The van der Waals surface area contributed by atoms with E-state index < -0.39 is 0 Å². The molecule has 0 fully saturated rings. The summed E-state index contributed by atoms with van der Waals surface area (Å²) in [5.74, 6) is 0.746. The van der Waals surface area contributed by atoms with Gasteiger partial charge in [0.1, 0.15) is 5.82 Å². The number of benzene rings is 3. The summed E-state index contributed by atoms with van der Waals surface area (Å²) in [5, 5.41) is 2.68. The largest absolute Gasteiger partial charge is 0.355 e. The van der Waals surface area contributed by atoms with Crippen LogP contribution in [-0.4, -0.2) is 32.1 Å². The Hall–Kier alpha value is -4.19. The molecule has 1 amide bonds. The first-order valence-electron chi connectivity index (χ1n) is 10.1. The van der Waals surface area contributed by atoms with E-state index in [2.05, 4.69) is 51.3 Å². The predicted octanol–water partition coefficient (Wildman–Crippen LogP) is 4.30. The van der Waals surface area contributed by atoms with Gasteiger partial charge in [0.2, 0.25) is 0 Å². The average molecular weight is 407 g/mol. The molecule has 5 aromatic rings. The average Bonchev–Trinajstić information content (AvgIpc) is 3.48. The number of nitrogens with zero attached hydrogens (tertiary/aromatic N) is 4. The highest BCUT2D eigenvalue weighted by molar-refractivity contribution is 5.97. The van der Waals surface area contributed by atoms with Gasteiger partial charge in [0.15, 0.2) is 0 Å². The standard InChI is InChI=1S/C25H21N5O/c1-26-25(31)20-9-12-23-22(15-20)28-24(30(23)16-18-5-3-2-4-6-18)19-7-10-21(11-8-19)29-14-13-27-17-29/h2-15,17H,16H2,1H3,(H,26,31). The van der Waals surface area contributed by atoms with Gasteiger partial charge in [-0.05, 0) is 48.0 Å². The van der Waals surface area contributed by atoms with Crippen molar-refractivity contribution in [3.8, 4) is 17.1 Å². The van der Waals surface area contributed by atoms with Gasteiger partial charge in [-0.1, -0.05) is 30.3 Å². The van der Waals surface area contributed by atoms with Crippen molar-refractivity contribution in [1.29, 1.82) is 0 Å². The molecule has 0 bridgehead atoms. The lowest BCUT2D eigenvalue weighted by atomic mass is 10.1. The molecule has 0 atom stereocenters. The molecule has 0 spiro atoms. The van der Waals surface area contributed by atoms with Crippen LogP contribution in [0.5, 0.6) is 0 Å². The van der Waals surface area contributed by atoms with Gasteiger partial charge in [0, 0.05) is 42.8 Å². The molecular formula is C25H21N5O. The molecule has 2 aromatic heterocycles. The van der Waals surface area contributed by atoms with Gasteiger partial charge in [0.05, 0.1) is 17.4 Å². The van der Waals surface area contributed by atoms with Crippen molar-refractivity contribution >= 4 is 16.9 Å². The summed E-state index contributed by atoms with van der Waals surface area (Å²) in [6, 6.07) is 24.2. The molecule has 0 aliphatic heterocycles. The molecule has 5 rings (SSSR count). The van der Waals surface area contributed by atoms with Gasteiger partial charge < -0.3 is 14.5 Å². The van der Waals surface area contributed by atoms with Crippen LogP contribution in [0.15, 0.2) is 91.5 Å². The summed E-state index contributed by atoms with van der Waals surface area (Å²) < 4.78 is 4.16. The first-order valence-corrected chi connectivity index (χ1v) is 10.1. The van der Waals surface area contributed by atoms with E-state index >= 15 is 0 Å². The predicted molar refractivity (Wildman–Crippen MR) is 121 cm³/mol. The monoisotopic (exact) mass is 407 g/mol. The van der Waals surface area contributed by atoms with E-state index in [4.69, 9.17) is 4.98 Å². The topological polar surface area (TPSA) is 64.7 Å². The Bertz CT molecular complexity index is 1340. The van der Waals surface area contributed by atoms with Gasteiger partial charge in [0.25, 0.3) is 5.91 Å². The number of fused-ring (bicyclic) bond motifs is 1. The summed E-state index contributed by atoms with van der Waals surface area (Å²) in [5.41, 5.74) is 5.62. The number of amides is 1. The van der Waals surface area contributed by atoms with E-state index in [1.54, 1.807) is 19.6 Å². The fourth-order valence-corrected chi connectivity index (χ4v) is 3.76. The molecular weight excluding hydrogens is 386 g/mol. The van der Waals surface area contributed by atoms with Crippen molar-refractivity contribution < 1.29 is 4.79 Å². The summed E-state index contributed by atoms with van der Waals surface area (Å²) in [7, 11) is 1.63. The molecule has 1 N–H and O–H groups in total. The summed E-state index contributed by atoms with van der Waals surface area (Å²) >= 11 is 0. The smallest absolute Gasteiger partial charge is 0.251 e. The Morgan fingerprint density at radius 3 is 2.52 bits per heavy atom. The summed E-state index contributed by atoms with van der Waals surface area (Å²) in [4.78, 5) is 21.1. The zero-order chi connectivity index (χ0) is 21.2. The second-order valence-electron chi connectivity index (χ2n) is 7.31. The van der Waals surface area contributed by atoms with Crippen LogP contribution in [0.2, 0.25) is 0 Å². The minimum atomic E-state index is -0.120. The summed E-state index contributed by atoms with van der Waals surface area (Å²) in [6.45, 7) is 0.690. The molecule has 0 unspecified atom stereocenters. The molecule has 0 aliphatic rings. The SMILES string of the molecule is CNC(=O)c1ccc2c(c1)nc(-c1ccc(-n3ccnc3)cc1)n2Cc1ccccc1. The third-order valence-corrected chi connectivity index (χ3v) is 5.35. The lowest BCUT2D eigenvalue weighted by molar-refractivity contribution is 0.0963. The molecule has 0 aliphatic carbocycles. The lowest BCUT2D eigenvalue weighted by Gasteiger charge is -2.11. The van der Waals surface area contributed by atoms with E-state index in [-0.39, 0.29) is 5.91 Å². The normalized spacial score (nSPS) is 11.0. The van der Waals surface area contributed by atoms with Crippen molar-refractivity contribution in [2.75, 3.05) is 7.05 Å². The molecule has 6 nitrogen and oxygen atoms in total. The number of nitrogens with one attached hydrogen (secondary N) is 1. The highest BCUT2D eigenvalue weighted by atomic mass is 16.1. The van der Waals surface area contributed by atoms with E-state index in [9.17, 15) is 4.79 Å². The third kappa shape index (κ3) is 3.59. The van der Waals surface area contributed by atoms with Gasteiger partial charge >= 0.3 is 0 Å². The highest BCUT2D eigenvalue weighted by Crippen LogP contribution is 2.27. The van der Waals surface area contributed by atoms with Crippen molar-refractivity contribution in [3.05, 3.63) is 103 Å². The number of aromatic nitrogens is 4. The van der Waals surface area contributed by atoms with Crippen molar-refractivity contribution in [1.82, 2.24) is 24.4 Å². The zero-order valence-corrected chi connectivity index (χ0v) is 17.1. The number of hydrogen-bond acceptors (Lipinski definition) is 3. The van der Waals surface area contributed by atoms with Crippen LogP contribution in [0, 0.1) is 0 Å². The van der Waals surface area contributed by atoms with E-state index in [0.717, 1.165) is 28.1 Å². The van der Waals surface area contributed by atoms with Crippen LogP contribution in [0.4, 0.5) is 0 Å². The molecule has 0 saturated carbocycles. The minimum Gasteiger partial charge on any atom is -0.355 e. The quantitative estimate of drug-likeness (QED) is 0.473. The number of imidazole rings is 2. The fourth-order valence-electron chi connectivity index (χ4n) is 3.76. The van der Waals surface area contributed by atoms with Crippen LogP contribution >= 0.6 is 0 Å². The van der Waals surface area contributed by atoms with Crippen LogP contribution in [0.3, 0.4) is 0 Å². The maximum atomic E-state index is 12.1. The van der Waals surface area contributed by atoms with Gasteiger partial charge in [-0.3, -0.25) is 4.79 Å². The maximum Gasteiger partial charge on any atom is 0.251 e. The molecule has 152 valence electrons. The van der Waals surface area contributed by atoms with Crippen LogP contribution in [-0.2, 0) is 6.54 Å². The number of carbonyl (C=O) groups is 1. The molecule has 31 heavy (non-hydrogen) atoms. The maximum absolute atomic E-state index is 12.1. The van der Waals surface area contributed by atoms with E-state index in [0.29, 0.717) is 12.1 Å². The van der Waals surface area contributed by atoms with Gasteiger partial charge in [-0.15, -0.1) is 0 Å². The summed E-state index contributed by atoms with van der Waals surface area (Å²) in [6.07, 6.45) is 5.46. The van der Waals surface area contributed by atoms with Crippen molar-refractivity contribution in [3.63, 3.8) is 0 Å². The Morgan fingerprint density at radius 2 is 1.81 bits per heavy atom. The van der Waals surface area contributed by atoms with Crippen LogP contribution < -0.4 is 5.32 Å². The Kier molecular flexibility index (Phi) is 4.80. The van der Waals surface area contributed by atoms with E-state index in [1.807, 2.05) is 47.2 Å². The van der Waals surface area contributed by atoms with Crippen LogP contribution in [0.25, 0.3) is 28.1 Å². The molecule has 0 saturated heterocycles. The highest BCUT2D eigenvalue weighted by Gasteiger charge is 2.15. The number of hydrogen-bond donors (Lipinski definition) is 1. The molecule has 3 aromatic carbocycles. The minimum absolute atomic E-state index is 0.120. The molecule has 0 radical (unpaired) electrons. The van der Waals surface area contributed by atoms with Crippen LogP contribution in [0.1, 0.15) is 15.9 Å². The van der Waals surface area contributed by atoms with Gasteiger partial charge in [-0.2, -0.15) is 0 Å².